The lowest BCUT2D eigenvalue weighted by atomic mass is 9.96. The van der Waals surface area contributed by atoms with Gasteiger partial charge in [-0.05, 0) is 60.2 Å². The fourth-order valence-corrected chi connectivity index (χ4v) is 5.31. The number of furan rings is 1. The van der Waals surface area contributed by atoms with E-state index in [4.69, 9.17) is 4.42 Å². The maximum atomic E-state index is 10.1. The van der Waals surface area contributed by atoms with Crippen molar-refractivity contribution < 1.29 is 4.42 Å². The molecule has 2 aromatic heterocycles. The number of hydrogen-bond donors (Lipinski definition) is 0. The van der Waals surface area contributed by atoms with Crippen LogP contribution in [0.2, 0.25) is 0 Å². The number of nitriles is 2. The highest BCUT2D eigenvalue weighted by molar-refractivity contribution is 6.10. The van der Waals surface area contributed by atoms with Crippen molar-refractivity contribution in [3.05, 3.63) is 114 Å². The van der Waals surface area contributed by atoms with Crippen LogP contribution in [0, 0.1) is 22.7 Å². The van der Waals surface area contributed by atoms with E-state index in [1.807, 2.05) is 48.5 Å². The Morgan fingerprint density at radius 2 is 1.25 bits per heavy atom. The zero-order valence-electron chi connectivity index (χ0n) is 19.1. The van der Waals surface area contributed by atoms with Crippen LogP contribution >= 0.6 is 0 Å². The summed E-state index contributed by atoms with van der Waals surface area (Å²) >= 11 is 0. The first-order chi connectivity index (χ1) is 17.8. The van der Waals surface area contributed by atoms with Crippen molar-refractivity contribution in [1.82, 2.24) is 4.57 Å². The van der Waals surface area contributed by atoms with Gasteiger partial charge in [-0.3, -0.25) is 0 Å². The van der Waals surface area contributed by atoms with Crippen LogP contribution in [0.1, 0.15) is 11.1 Å². The highest BCUT2D eigenvalue weighted by Crippen LogP contribution is 2.39. The van der Waals surface area contributed by atoms with Gasteiger partial charge in [0.2, 0.25) is 0 Å². The Bertz CT molecular complexity index is 2030. The molecule has 0 atom stereocenters. The van der Waals surface area contributed by atoms with Gasteiger partial charge in [-0.2, -0.15) is 10.5 Å². The lowest BCUT2D eigenvalue weighted by molar-refractivity contribution is 0.669. The van der Waals surface area contributed by atoms with Gasteiger partial charge >= 0.3 is 0 Å². The van der Waals surface area contributed by atoms with Crippen molar-refractivity contribution in [2.45, 2.75) is 0 Å². The number of hydrogen-bond acceptors (Lipinski definition) is 3. The third-order valence-corrected chi connectivity index (χ3v) is 6.87. The molecule has 0 bridgehead atoms. The molecule has 0 saturated carbocycles. The zero-order valence-corrected chi connectivity index (χ0v) is 19.1. The molecule has 0 radical (unpaired) electrons. The molecule has 5 aromatic carbocycles. The second-order valence-corrected chi connectivity index (χ2v) is 8.82. The highest BCUT2D eigenvalue weighted by Gasteiger charge is 2.19. The molecule has 166 valence electrons. The smallest absolute Gasteiger partial charge is 0.135 e. The molecule has 0 aliphatic heterocycles. The van der Waals surface area contributed by atoms with Gasteiger partial charge in [-0.1, -0.05) is 48.5 Å². The van der Waals surface area contributed by atoms with Crippen LogP contribution in [-0.4, -0.2) is 4.57 Å². The van der Waals surface area contributed by atoms with E-state index >= 15 is 0 Å². The Labute approximate surface area is 206 Å². The molecule has 0 spiro atoms. The first-order valence-electron chi connectivity index (χ1n) is 11.7. The summed E-state index contributed by atoms with van der Waals surface area (Å²) < 4.78 is 8.28. The average Bonchev–Trinajstić information content (AvgIpc) is 3.47. The fraction of sp³-hybridized carbons (Fsp3) is 0. The summed E-state index contributed by atoms with van der Waals surface area (Å²) in [5, 5.41) is 23.7. The predicted molar refractivity (Wildman–Crippen MR) is 143 cm³/mol. The summed E-state index contributed by atoms with van der Waals surface area (Å²) in [6.45, 7) is 0. The number of fused-ring (bicyclic) bond motifs is 6. The minimum absolute atomic E-state index is 0.582. The summed E-state index contributed by atoms with van der Waals surface area (Å²) in [6, 6.07) is 38.7. The highest BCUT2D eigenvalue weighted by atomic mass is 16.3. The first kappa shape index (κ1) is 20.1. The van der Waals surface area contributed by atoms with E-state index in [1.54, 1.807) is 6.07 Å². The number of benzene rings is 5. The summed E-state index contributed by atoms with van der Waals surface area (Å²) in [6.07, 6.45) is 0. The standard InChI is InChI=1S/C32H17N3O/c33-18-20-12-14-30-25(16-20)26-17-21(13-15-31(26)36-30)32-22(19-34)6-5-11-29(32)35-27-9-3-1-7-23(27)24-8-2-4-10-28(24)35/h1-17H. The topological polar surface area (TPSA) is 65.7 Å². The molecule has 0 fully saturated rings. The molecule has 4 heteroatoms. The third kappa shape index (κ3) is 2.79. The maximum absolute atomic E-state index is 10.1. The molecule has 0 amide bonds. The lowest BCUT2D eigenvalue weighted by Gasteiger charge is -2.15. The molecular weight excluding hydrogens is 442 g/mol. The summed E-state index contributed by atoms with van der Waals surface area (Å²) in [7, 11) is 0. The van der Waals surface area contributed by atoms with E-state index in [0.717, 1.165) is 49.8 Å². The van der Waals surface area contributed by atoms with E-state index in [2.05, 4.69) is 65.2 Å². The van der Waals surface area contributed by atoms with Crippen LogP contribution in [-0.2, 0) is 0 Å². The van der Waals surface area contributed by atoms with Gasteiger partial charge in [0.25, 0.3) is 0 Å². The van der Waals surface area contributed by atoms with E-state index < -0.39 is 0 Å². The maximum Gasteiger partial charge on any atom is 0.135 e. The average molecular weight is 460 g/mol. The molecule has 0 unspecified atom stereocenters. The molecular formula is C32H17N3O. The van der Waals surface area contributed by atoms with Gasteiger partial charge in [0.15, 0.2) is 0 Å². The SMILES string of the molecule is N#Cc1ccc2oc3ccc(-c4c(C#N)cccc4-n4c5ccccc5c5ccccc54)cc3c2c1. The molecule has 0 aliphatic rings. The fourth-order valence-electron chi connectivity index (χ4n) is 5.31. The zero-order chi connectivity index (χ0) is 24.2. The summed E-state index contributed by atoms with van der Waals surface area (Å²) in [5.41, 5.74) is 7.55. The summed E-state index contributed by atoms with van der Waals surface area (Å²) in [4.78, 5) is 0. The Morgan fingerprint density at radius 1 is 0.583 bits per heavy atom. The third-order valence-electron chi connectivity index (χ3n) is 6.87. The Balaban J connectivity index is 1.58. The van der Waals surface area contributed by atoms with Crippen LogP contribution in [0.25, 0.3) is 60.6 Å². The van der Waals surface area contributed by atoms with Gasteiger partial charge in [0, 0.05) is 27.1 Å². The second kappa shape index (κ2) is 7.60. The van der Waals surface area contributed by atoms with Gasteiger partial charge in [0.1, 0.15) is 11.2 Å². The molecule has 0 saturated heterocycles. The van der Waals surface area contributed by atoms with Crippen molar-refractivity contribution in [3.8, 4) is 29.0 Å². The monoisotopic (exact) mass is 459 g/mol. The number of aromatic nitrogens is 1. The minimum Gasteiger partial charge on any atom is -0.456 e. The van der Waals surface area contributed by atoms with Crippen LogP contribution < -0.4 is 0 Å². The Morgan fingerprint density at radius 3 is 1.94 bits per heavy atom. The van der Waals surface area contributed by atoms with Crippen molar-refractivity contribution >= 4 is 43.7 Å². The Hall–Kier alpha value is -5.32. The van der Waals surface area contributed by atoms with Crippen LogP contribution in [0.3, 0.4) is 0 Å². The second-order valence-electron chi connectivity index (χ2n) is 8.82. The molecule has 4 nitrogen and oxygen atoms in total. The number of para-hydroxylation sites is 2. The van der Waals surface area contributed by atoms with Crippen LogP contribution in [0.15, 0.2) is 108 Å². The van der Waals surface area contributed by atoms with Crippen molar-refractivity contribution in [1.29, 1.82) is 10.5 Å². The minimum atomic E-state index is 0.582. The quantitative estimate of drug-likeness (QED) is 0.262. The van der Waals surface area contributed by atoms with Crippen LogP contribution in [0.5, 0.6) is 0 Å². The van der Waals surface area contributed by atoms with E-state index in [1.165, 1.54) is 10.8 Å². The normalized spacial score (nSPS) is 11.3. The van der Waals surface area contributed by atoms with E-state index in [-0.39, 0.29) is 0 Å². The molecule has 2 heterocycles. The Kier molecular flexibility index (Phi) is 4.24. The molecule has 7 aromatic rings. The largest absolute Gasteiger partial charge is 0.456 e. The van der Waals surface area contributed by atoms with E-state index in [9.17, 15) is 10.5 Å². The molecule has 0 aliphatic carbocycles. The van der Waals surface area contributed by atoms with Gasteiger partial charge in [0.05, 0.1) is 40.0 Å². The predicted octanol–water partition coefficient (Wildman–Crippen LogP) is 8.09. The molecule has 7 rings (SSSR count). The van der Waals surface area contributed by atoms with Crippen molar-refractivity contribution in [2.75, 3.05) is 0 Å². The van der Waals surface area contributed by atoms with Gasteiger partial charge in [-0.25, -0.2) is 0 Å². The number of rotatable bonds is 2. The molecule has 36 heavy (non-hydrogen) atoms. The van der Waals surface area contributed by atoms with Gasteiger partial charge < -0.3 is 8.98 Å². The van der Waals surface area contributed by atoms with Crippen molar-refractivity contribution in [3.63, 3.8) is 0 Å². The van der Waals surface area contributed by atoms with Crippen molar-refractivity contribution in [2.24, 2.45) is 0 Å². The van der Waals surface area contributed by atoms with Gasteiger partial charge in [-0.15, -0.1) is 0 Å². The van der Waals surface area contributed by atoms with Crippen LogP contribution in [0.4, 0.5) is 0 Å². The van der Waals surface area contributed by atoms with E-state index in [0.29, 0.717) is 11.1 Å². The molecule has 0 N–H and O–H groups in total. The number of nitrogens with zero attached hydrogens (tertiary/aromatic N) is 3. The summed E-state index contributed by atoms with van der Waals surface area (Å²) in [5.74, 6) is 0. The first-order valence-corrected chi connectivity index (χ1v) is 11.7. The lowest BCUT2D eigenvalue weighted by Crippen LogP contribution is -1.99.